The third-order valence-electron chi connectivity index (χ3n) is 9.53. The van der Waals surface area contributed by atoms with Crippen molar-refractivity contribution in [1.29, 1.82) is 0 Å². The van der Waals surface area contributed by atoms with E-state index in [1.54, 1.807) is 0 Å². The van der Waals surface area contributed by atoms with Crippen molar-refractivity contribution in [3.63, 3.8) is 0 Å². The minimum Gasteiger partial charge on any atom is -0.0616 e. The topological polar surface area (TPSA) is 0 Å². The van der Waals surface area contributed by atoms with E-state index in [2.05, 4.69) is 147 Å². The van der Waals surface area contributed by atoms with Crippen molar-refractivity contribution in [2.24, 2.45) is 0 Å². The van der Waals surface area contributed by atoms with Crippen LogP contribution in [0.25, 0.3) is 76.1 Å². The third-order valence-corrected chi connectivity index (χ3v) is 9.53. The summed E-state index contributed by atoms with van der Waals surface area (Å²) >= 11 is 0. The molecule has 41 heavy (non-hydrogen) atoms. The Morgan fingerprint density at radius 1 is 0.366 bits per heavy atom. The fraction of sp³-hybridized carbons (Fsp3) is 0.0732. The molecule has 1 aliphatic rings. The lowest BCUT2D eigenvalue weighted by molar-refractivity contribution is 0.672. The summed E-state index contributed by atoms with van der Waals surface area (Å²) in [7, 11) is 0. The molecule has 0 nitrogen and oxygen atoms in total. The minimum atomic E-state index is -0.124. The van der Waals surface area contributed by atoms with E-state index in [1.165, 1.54) is 87.2 Å². The molecule has 0 atom stereocenters. The highest BCUT2D eigenvalue weighted by Crippen LogP contribution is 2.56. The Bertz CT molecular complexity index is 2330. The maximum Gasteiger partial charge on any atom is 0.0171 e. The van der Waals surface area contributed by atoms with Gasteiger partial charge in [-0.3, -0.25) is 0 Å². The lowest BCUT2D eigenvalue weighted by Gasteiger charge is -2.25. The normalized spacial score (nSPS) is 13.8. The van der Waals surface area contributed by atoms with Crippen LogP contribution in [0.15, 0.2) is 133 Å². The van der Waals surface area contributed by atoms with Crippen molar-refractivity contribution >= 4 is 53.9 Å². The van der Waals surface area contributed by atoms with Gasteiger partial charge < -0.3 is 0 Å². The van der Waals surface area contributed by atoms with Crippen molar-refractivity contribution in [3.8, 4) is 22.3 Å². The average Bonchev–Trinajstić information content (AvgIpc) is 3.27. The van der Waals surface area contributed by atoms with Gasteiger partial charge in [0.2, 0.25) is 0 Å². The van der Waals surface area contributed by atoms with Crippen LogP contribution in [0, 0.1) is 0 Å². The molecule has 192 valence electrons. The van der Waals surface area contributed by atoms with Crippen molar-refractivity contribution in [2.45, 2.75) is 19.3 Å². The summed E-state index contributed by atoms with van der Waals surface area (Å²) in [4.78, 5) is 0. The Morgan fingerprint density at radius 2 is 0.951 bits per heavy atom. The first-order chi connectivity index (χ1) is 20.1. The summed E-state index contributed by atoms with van der Waals surface area (Å²) in [5.74, 6) is 0. The molecule has 0 saturated heterocycles. The van der Waals surface area contributed by atoms with Gasteiger partial charge in [0, 0.05) is 5.41 Å². The Balaban J connectivity index is 1.42. The second-order valence-electron chi connectivity index (χ2n) is 12.1. The van der Waals surface area contributed by atoms with Crippen LogP contribution < -0.4 is 0 Å². The lowest BCUT2D eigenvalue weighted by Crippen LogP contribution is -2.16. The molecule has 9 rings (SSSR count). The number of rotatable bonds is 1. The Morgan fingerprint density at radius 3 is 1.66 bits per heavy atom. The van der Waals surface area contributed by atoms with Crippen molar-refractivity contribution in [3.05, 3.63) is 145 Å². The first-order valence-electron chi connectivity index (χ1n) is 14.5. The third kappa shape index (κ3) is 3.00. The monoisotopic (exact) mass is 520 g/mol. The molecule has 0 N–H and O–H groups in total. The van der Waals surface area contributed by atoms with Crippen molar-refractivity contribution in [1.82, 2.24) is 0 Å². The highest BCUT2D eigenvalue weighted by molar-refractivity contribution is 6.21. The smallest absolute Gasteiger partial charge is 0.0171 e. The van der Waals surface area contributed by atoms with Crippen LogP contribution in [0.1, 0.15) is 25.0 Å². The molecule has 0 unspecified atom stereocenters. The van der Waals surface area contributed by atoms with Crippen LogP contribution in [0.3, 0.4) is 0 Å². The van der Waals surface area contributed by atoms with Gasteiger partial charge in [0.15, 0.2) is 0 Å². The lowest BCUT2D eigenvalue weighted by atomic mass is 9.77. The van der Waals surface area contributed by atoms with Gasteiger partial charge in [-0.25, -0.2) is 0 Å². The van der Waals surface area contributed by atoms with Gasteiger partial charge in [-0.2, -0.15) is 0 Å². The molecule has 0 fully saturated rings. The largest absolute Gasteiger partial charge is 0.0616 e. The van der Waals surface area contributed by atoms with E-state index < -0.39 is 0 Å². The Hall–Kier alpha value is -4.94. The van der Waals surface area contributed by atoms with E-state index in [4.69, 9.17) is 0 Å². The van der Waals surface area contributed by atoms with E-state index in [-0.39, 0.29) is 5.41 Å². The molecule has 0 aliphatic heterocycles. The summed E-state index contributed by atoms with van der Waals surface area (Å²) in [6.07, 6.45) is 0. The maximum atomic E-state index is 2.46. The minimum absolute atomic E-state index is 0.124. The molecule has 0 heteroatoms. The van der Waals surface area contributed by atoms with Gasteiger partial charge in [0.25, 0.3) is 0 Å². The quantitative estimate of drug-likeness (QED) is 0.149. The molecule has 0 aromatic heterocycles. The van der Waals surface area contributed by atoms with Crippen LogP contribution in [0.5, 0.6) is 0 Å². The van der Waals surface area contributed by atoms with Crippen LogP contribution in [0.4, 0.5) is 0 Å². The maximum absolute atomic E-state index is 2.46. The molecular weight excluding hydrogens is 492 g/mol. The summed E-state index contributed by atoms with van der Waals surface area (Å²) < 4.78 is 0. The number of hydrogen-bond donors (Lipinski definition) is 0. The van der Waals surface area contributed by atoms with Crippen LogP contribution in [-0.4, -0.2) is 0 Å². The zero-order chi connectivity index (χ0) is 27.3. The summed E-state index contributed by atoms with van der Waals surface area (Å²) in [5, 5.41) is 13.2. The number of fused-ring (bicyclic) bond motifs is 12. The molecular formula is C41H28. The molecule has 0 spiro atoms. The second kappa shape index (κ2) is 8.05. The molecule has 0 heterocycles. The average molecular weight is 521 g/mol. The van der Waals surface area contributed by atoms with Crippen LogP contribution in [-0.2, 0) is 5.41 Å². The Labute approximate surface area is 239 Å². The number of benzene rings is 8. The first kappa shape index (κ1) is 22.8. The van der Waals surface area contributed by atoms with E-state index in [0.29, 0.717) is 0 Å². The molecule has 0 amide bonds. The highest BCUT2D eigenvalue weighted by atomic mass is 14.4. The fourth-order valence-corrected chi connectivity index (χ4v) is 7.88. The Kier molecular flexibility index (Phi) is 4.49. The predicted molar refractivity (Wildman–Crippen MR) is 177 cm³/mol. The van der Waals surface area contributed by atoms with E-state index >= 15 is 0 Å². The van der Waals surface area contributed by atoms with Gasteiger partial charge in [-0.15, -0.1) is 0 Å². The van der Waals surface area contributed by atoms with E-state index in [9.17, 15) is 0 Å². The highest BCUT2D eigenvalue weighted by Gasteiger charge is 2.39. The van der Waals surface area contributed by atoms with Crippen molar-refractivity contribution < 1.29 is 0 Å². The summed E-state index contributed by atoms with van der Waals surface area (Å²) in [5.41, 5.74) is 8.15. The first-order valence-corrected chi connectivity index (χ1v) is 14.5. The van der Waals surface area contributed by atoms with Gasteiger partial charge in [-0.05, 0) is 99.4 Å². The molecule has 8 aromatic rings. The van der Waals surface area contributed by atoms with E-state index in [0.717, 1.165) is 0 Å². The van der Waals surface area contributed by atoms with Crippen molar-refractivity contribution in [2.75, 3.05) is 0 Å². The summed E-state index contributed by atoms with van der Waals surface area (Å²) in [6, 6.07) is 49.7. The van der Waals surface area contributed by atoms with Crippen LogP contribution >= 0.6 is 0 Å². The van der Waals surface area contributed by atoms with Gasteiger partial charge >= 0.3 is 0 Å². The SMILES string of the molecule is CC1(C)c2c(ccc3ccccc23)-c2c1c1ccc(-c3c4ccccc4cc4ccccc34)cc1c1ccccc21. The van der Waals surface area contributed by atoms with Gasteiger partial charge in [0.05, 0.1) is 0 Å². The second-order valence-corrected chi connectivity index (χ2v) is 12.1. The molecule has 0 radical (unpaired) electrons. The van der Waals surface area contributed by atoms with E-state index in [1.807, 2.05) is 0 Å². The van der Waals surface area contributed by atoms with Gasteiger partial charge in [-0.1, -0.05) is 135 Å². The standard InChI is InChI=1S/C41H28/c1-41(2)39-31-16-8-3-11-25(31)19-22-35(39)38-33-18-10-9-17-32(33)36-24-28(20-21-34(36)40(38)41)37-29-14-6-4-12-26(29)23-27-13-5-7-15-30(27)37/h3-24H,1-2H3. The zero-order valence-electron chi connectivity index (χ0n) is 23.2. The number of hydrogen-bond acceptors (Lipinski definition) is 0. The van der Waals surface area contributed by atoms with Gasteiger partial charge in [0.1, 0.15) is 0 Å². The van der Waals surface area contributed by atoms with Crippen LogP contribution in [0.2, 0.25) is 0 Å². The summed E-state index contributed by atoms with van der Waals surface area (Å²) in [6.45, 7) is 4.84. The molecule has 0 bridgehead atoms. The predicted octanol–water partition coefficient (Wildman–Crippen LogP) is 11.4. The molecule has 1 aliphatic carbocycles. The molecule has 8 aromatic carbocycles. The zero-order valence-corrected chi connectivity index (χ0v) is 23.2. The molecule has 0 saturated carbocycles. The fourth-order valence-electron chi connectivity index (χ4n) is 7.88.